The first-order chi connectivity index (χ1) is 9.37. The highest BCUT2D eigenvalue weighted by Crippen LogP contribution is 2.36. The summed E-state index contributed by atoms with van der Waals surface area (Å²) < 4.78 is 12.1. The molecule has 0 N–H and O–H groups in total. The Bertz CT molecular complexity index is 543. The maximum Gasteiger partial charge on any atom is 0.494 e. The first kappa shape index (κ1) is 13.7. The highest BCUT2D eigenvalue weighted by molar-refractivity contribution is 6.62. The van der Waals surface area contributed by atoms with E-state index in [-0.39, 0.29) is 18.3 Å². The van der Waals surface area contributed by atoms with Crippen molar-refractivity contribution in [2.45, 2.75) is 51.7 Å². The highest BCUT2D eigenvalue weighted by Gasteiger charge is 2.51. The van der Waals surface area contributed by atoms with Crippen molar-refractivity contribution < 1.29 is 9.31 Å². The van der Waals surface area contributed by atoms with E-state index in [4.69, 9.17) is 9.31 Å². The number of hydrogen-bond acceptors (Lipinski definition) is 2. The molecule has 2 nitrogen and oxygen atoms in total. The van der Waals surface area contributed by atoms with Crippen molar-refractivity contribution in [1.82, 2.24) is 0 Å². The predicted molar refractivity (Wildman–Crippen MR) is 81.8 cm³/mol. The summed E-state index contributed by atoms with van der Waals surface area (Å²) in [5.41, 5.74) is 1.54. The minimum atomic E-state index is -0.290. The molecule has 20 heavy (non-hydrogen) atoms. The average molecular weight is 268 g/mol. The van der Waals surface area contributed by atoms with Gasteiger partial charge in [0, 0.05) is 11.5 Å². The van der Waals surface area contributed by atoms with E-state index in [0.717, 1.165) is 11.0 Å². The zero-order valence-corrected chi connectivity index (χ0v) is 12.7. The molecule has 2 aliphatic rings. The van der Waals surface area contributed by atoms with E-state index in [9.17, 15) is 0 Å². The van der Waals surface area contributed by atoms with Gasteiger partial charge in [-0.3, -0.25) is 0 Å². The van der Waals surface area contributed by atoms with E-state index in [1.807, 2.05) is 0 Å². The molecule has 0 bridgehead atoms. The van der Waals surface area contributed by atoms with Gasteiger partial charge >= 0.3 is 7.12 Å². The van der Waals surface area contributed by atoms with Crippen molar-refractivity contribution in [2.24, 2.45) is 5.92 Å². The molecule has 1 saturated heterocycles. The van der Waals surface area contributed by atoms with E-state index in [1.165, 1.54) is 12.8 Å². The SMILES string of the molecule is CC1(C)OB(c2ccc(C#CC3CC3)cc2)OC1(C)C. The molecule has 3 rings (SSSR count). The van der Waals surface area contributed by atoms with Gasteiger partial charge in [-0.1, -0.05) is 24.0 Å². The Kier molecular flexibility index (Phi) is 3.19. The van der Waals surface area contributed by atoms with Crippen LogP contribution in [0, 0.1) is 17.8 Å². The summed E-state index contributed by atoms with van der Waals surface area (Å²) in [5.74, 6) is 7.14. The molecular formula is C17H21BO2. The van der Waals surface area contributed by atoms with Crippen LogP contribution in [0.2, 0.25) is 0 Å². The van der Waals surface area contributed by atoms with Crippen molar-refractivity contribution in [3.63, 3.8) is 0 Å². The fourth-order valence-electron chi connectivity index (χ4n) is 2.12. The molecule has 1 saturated carbocycles. The van der Waals surface area contributed by atoms with Gasteiger partial charge in [-0.15, -0.1) is 0 Å². The van der Waals surface area contributed by atoms with Crippen molar-refractivity contribution in [2.75, 3.05) is 0 Å². The molecule has 3 heteroatoms. The Morgan fingerprint density at radius 3 is 2.05 bits per heavy atom. The second kappa shape index (κ2) is 4.65. The second-order valence-corrected chi connectivity index (χ2v) is 6.75. The van der Waals surface area contributed by atoms with Crippen LogP contribution in [-0.4, -0.2) is 18.3 Å². The molecular weight excluding hydrogens is 247 g/mol. The van der Waals surface area contributed by atoms with Gasteiger partial charge < -0.3 is 9.31 Å². The minimum Gasteiger partial charge on any atom is -0.399 e. The molecule has 0 radical (unpaired) electrons. The third-order valence-corrected chi connectivity index (χ3v) is 4.43. The van der Waals surface area contributed by atoms with Crippen molar-refractivity contribution >= 4 is 12.6 Å². The third-order valence-electron chi connectivity index (χ3n) is 4.43. The first-order valence-corrected chi connectivity index (χ1v) is 7.34. The summed E-state index contributed by atoms with van der Waals surface area (Å²) >= 11 is 0. The van der Waals surface area contributed by atoms with Crippen molar-refractivity contribution in [1.29, 1.82) is 0 Å². The third kappa shape index (κ3) is 2.64. The molecule has 104 valence electrons. The van der Waals surface area contributed by atoms with Gasteiger partial charge in [-0.2, -0.15) is 0 Å². The van der Waals surface area contributed by atoms with Gasteiger partial charge in [0.05, 0.1) is 11.2 Å². The summed E-state index contributed by atoms with van der Waals surface area (Å²) in [6, 6.07) is 8.21. The Balaban J connectivity index is 1.74. The molecule has 1 aliphatic carbocycles. The van der Waals surface area contributed by atoms with Crippen molar-refractivity contribution in [3.8, 4) is 11.8 Å². The lowest BCUT2D eigenvalue weighted by Crippen LogP contribution is -2.41. The number of benzene rings is 1. The summed E-state index contributed by atoms with van der Waals surface area (Å²) in [6.45, 7) is 8.29. The minimum absolute atomic E-state index is 0.287. The van der Waals surface area contributed by atoms with E-state index >= 15 is 0 Å². The molecule has 0 aromatic heterocycles. The van der Waals surface area contributed by atoms with Crippen LogP contribution in [0.4, 0.5) is 0 Å². The van der Waals surface area contributed by atoms with E-state index in [0.29, 0.717) is 5.92 Å². The van der Waals surface area contributed by atoms with Gasteiger partial charge in [-0.05, 0) is 58.1 Å². The maximum atomic E-state index is 6.04. The standard InChI is InChI=1S/C17H21BO2/c1-16(2)17(3,4)20-18(19-16)15-11-9-14(10-12-15)8-7-13-5-6-13/h9-13H,5-6H2,1-4H3. The van der Waals surface area contributed by atoms with Gasteiger partial charge in [0.25, 0.3) is 0 Å². The Labute approximate surface area is 122 Å². The van der Waals surface area contributed by atoms with Gasteiger partial charge in [0.2, 0.25) is 0 Å². The van der Waals surface area contributed by atoms with Crippen LogP contribution in [0.25, 0.3) is 0 Å². The van der Waals surface area contributed by atoms with Crippen LogP contribution in [0.3, 0.4) is 0 Å². The first-order valence-electron chi connectivity index (χ1n) is 7.34. The summed E-state index contributed by atoms with van der Waals surface area (Å²) in [6.07, 6.45) is 2.53. The molecule has 0 spiro atoms. The lowest BCUT2D eigenvalue weighted by atomic mass is 9.79. The second-order valence-electron chi connectivity index (χ2n) is 6.75. The van der Waals surface area contributed by atoms with Gasteiger partial charge in [-0.25, -0.2) is 0 Å². The topological polar surface area (TPSA) is 18.5 Å². The molecule has 0 atom stereocenters. The van der Waals surface area contributed by atoms with Crippen LogP contribution in [-0.2, 0) is 9.31 Å². The Morgan fingerprint density at radius 1 is 1.00 bits per heavy atom. The Hall–Kier alpha value is -1.24. The molecule has 2 fully saturated rings. The highest BCUT2D eigenvalue weighted by atomic mass is 16.7. The summed E-state index contributed by atoms with van der Waals surface area (Å²) in [4.78, 5) is 0. The van der Waals surface area contributed by atoms with Gasteiger partial charge in [0.15, 0.2) is 0 Å². The fourth-order valence-corrected chi connectivity index (χ4v) is 2.12. The molecule has 0 amide bonds. The van der Waals surface area contributed by atoms with Crippen LogP contribution in [0.5, 0.6) is 0 Å². The quantitative estimate of drug-likeness (QED) is 0.576. The predicted octanol–water partition coefficient (Wildman–Crippen LogP) is 2.75. The van der Waals surface area contributed by atoms with E-state index < -0.39 is 0 Å². The maximum absolute atomic E-state index is 6.04. The molecule has 1 heterocycles. The molecule has 1 aliphatic heterocycles. The number of rotatable bonds is 1. The van der Waals surface area contributed by atoms with Crippen LogP contribution >= 0.6 is 0 Å². The molecule has 0 unspecified atom stereocenters. The molecule has 1 aromatic carbocycles. The van der Waals surface area contributed by atoms with Crippen LogP contribution < -0.4 is 5.46 Å². The normalized spacial score (nSPS) is 23.3. The zero-order chi connectivity index (χ0) is 14.4. The largest absolute Gasteiger partial charge is 0.494 e. The van der Waals surface area contributed by atoms with Crippen LogP contribution in [0.15, 0.2) is 24.3 Å². The Morgan fingerprint density at radius 2 is 1.55 bits per heavy atom. The lowest BCUT2D eigenvalue weighted by molar-refractivity contribution is 0.00578. The number of hydrogen-bond donors (Lipinski definition) is 0. The summed E-state index contributed by atoms with van der Waals surface area (Å²) in [5, 5.41) is 0. The summed E-state index contributed by atoms with van der Waals surface area (Å²) in [7, 11) is -0.287. The van der Waals surface area contributed by atoms with E-state index in [1.54, 1.807) is 0 Å². The van der Waals surface area contributed by atoms with E-state index in [2.05, 4.69) is 63.8 Å². The smallest absolute Gasteiger partial charge is 0.399 e. The average Bonchev–Trinajstić information content (AvgIpc) is 3.16. The van der Waals surface area contributed by atoms with Gasteiger partial charge in [0.1, 0.15) is 0 Å². The lowest BCUT2D eigenvalue weighted by Gasteiger charge is -2.32. The van der Waals surface area contributed by atoms with Crippen LogP contribution in [0.1, 0.15) is 46.1 Å². The molecule has 1 aromatic rings. The fraction of sp³-hybridized carbons (Fsp3) is 0.529. The monoisotopic (exact) mass is 268 g/mol. The van der Waals surface area contributed by atoms with Crippen molar-refractivity contribution in [3.05, 3.63) is 29.8 Å². The zero-order valence-electron chi connectivity index (χ0n) is 12.7.